The molecule has 0 aliphatic heterocycles. The molecule has 0 fully saturated rings. The van der Waals surface area contributed by atoms with Crippen LogP contribution < -0.4 is 0 Å². The van der Waals surface area contributed by atoms with E-state index in [0.717, 1.165) is 6.42 Å². The number of aromatic hydroxyl groups is 2. The van der Waals surface area contributed by atoms with E-state index in [0.29, 0.717) is 34.5 Å². The second-order valence-electron chi connectivity index (χ2n) is 5.66. The van der Waals surface area contributed by atoms with Gasteiger partial charge in [-0.15, -0.1) is 11.3 Å². The van der Waals surface area contributed by atoms with Gasteiger partial charge in [-0.1, -0.05) is 13.3 Å². The lowest BCUT2D eigenvalue weighted by atomic mass is 9.98. The summed E-state index contributed by atoms with van der Waals surface area (Å²) in [5, 5.41) is 29.1. The molecule has 2 heterocycles. The quantitative estimate of drug-likeness (QED) is 0.568. The van der Waals surface area contributed by atoms with E-state index in [1.165, 1.54) is 17.4 Å². The van der Waals surface area contributed by atoms with E-state index in [-0.39, 0.29) is 23.8 Å². The van der Waals surface area contributed by atoms with Crippen molar-refractivity contribution >= 4 is 17.3 Å². The Morgan fingerprint density at radius 1 is 1.27 bits per heavy atom. The van der Waals surface area contributed by atoms with E-state index in [1.807, 2.05) is 6.92 Å². The van der Waals surface area contributed by atoms with Gasteiger partial charge in [0.25, 0.3) is 0 Å². The maximum Gasteiger partial charge on any atom is 0.357 e. The van der Waals surface area contributed by atoms with Crippen LogP contribution in [0.1, 0.15) is 36.3 Å². The Bertz CT molecular complexity index is 919. The molecule has 0 amide bonds. The van der Waals surface area contributed by atoms with Crippen LogP contribution in [0, 0.1) is 0 Å². The van der Waals surface area contributed by atoms with Gasteiger partial charge in [-0.3, -0.25) is 5.10 Å². The number of phenolic OH excluding ortho intramolecular Hbond substituents is 2. The van der Waals surface area contributed by atoms with Crippen molar-refractivity contribution in [2.75, 3.05) is 6.61 Å². The molecule has 8 heteroatoms. The summed E-state index contributed by atoms with van der Waals surface area (Å²) in [5.74, 6) is -0.633. The summed E-state index contributed by atoms with van der Waals surface area (Å²) >= 11 is 1.39. The third-order valence-electron chi connectivity index (χ3n) is 3.91. The molecule has 3 N–H and O–H groups in total. The first kappa shape index (κ1) is 17.9. The summed E-state index contributed by atoms with van der Waals surface area (Å²) in [6.07, 6.45) is 1.49. The minimum atomic E-state index is -0.540. The van der Waals surface area contributed by atoms with E-state index in [1.54, 1.807) is 23.9 Å². The number of carbonyl (C=O) groups excluding carboxylic acids is 1. The first-order valence-electron chi connectivity index (χ1n) is 8.26. The zero-order chi connectivity index (χ0) is 18.7. The highest BCUT2D eigenvalue weighted by Crippen LogP contribution is 2.40. The lowest BCUT2D eigenvalue weighted by Gasteiger charge is -2.10. The van der Waals surface area contributed by atoms with Gasteiger partial charge in [-0.2, -0.15) is 5.10 Å². The zero-order valence-corrected chi connectivity index (χ0v) is 15.3. The third-order valence-corrected chi connectivity index (χ3v) is 4.49. The summed E-state index contributed by atoms with van der Waals surface area (Å²) < 4.78 is 5.09. The zero-order valence-electron chi connectivity index (χ0n) is 14.4. The fraction of sp³-hybridized carbons (Fsp3) is 0.278. The number of esters is 1. The monoisotopic (exact) mass is 373 g/mol. The van der Waals surface area contributed by atoms with Crippen LogP contribution in [0.15, 0.2) is 23.0 Å². The average Bonchev–Trinajstić information content (AvgIpc) is 3.26. The molecular weight excluding hydrogens is 354 g/mol. The predicted octanol–water partition coefficient (Wildman–Crippen LogP) is 3.74. The van der Waals surface area contributed by atoms with E-state index in [2.05, 4.69) is 15.2 Å². The van der Waals surface area contributed by atoms with Crippen LogP contribution in [0.5, 0.6) is 11.5 Å². The van der Waals surface area contributed by atoms with Crippen LogP contribution in [0.3, 0.4) is 0 Å². The molecule has 0 spiro atoms. The fourth-order valence-electron chi connectivity index (χ4n) is 2.75. The van der Waals surface area contributed by atoms with Gasteiger partial charge >= 0.3 is 5.97 Å². The van der Waals surface area contributed by atoms with Crippen LogP contribution in [-0.4, -0.2) is 38.0 Å². The number of carbonyl (C=O) groups is 1. The number of aryl methyl sites for hydroxylation is 1. The number of nitrogens with zero attached hydrogens (tertiary/aromatic N) is 2. The summed E-state index contributed by atoms with van der Waals surface area (Å²) in [7, 11) is 0. The molecule has 0 bridgehead atoms. The van der Waals surface area contributed by atoms with Gasteiger partial charge in [-0.05, 0) is 25.0 Å². The number of aromatic nitrogens is 3. The highest BCUT2D eigenvalue weighted by Gasteiger charge is 2.26. The Morgan fingerprint density at radius 3 is 2.73 bits per heavy atom. The van der Waals surface area contributed by atoms with Crippen LogP contribution >= 0.6 is 11.3 Å². The molecule has 3 rings (SSSR count). The lowest BCUT2D eigenvalue weighted by molar-refractivity contribution is 0.0520. The molecule has 0 saturated carbocycles. The SMILES string of the molecule is CCCc1cc(-c2n[nH]c(C(=O)OCC)c2-c2cscn2)c(O)cc1O. The van der Waals surface area contributed by atoms with Gasteiger partial charge in [0, 0.05) is 17.0 Å². The van der Waals surface area contributed by atoms with Gasteiger partial charge in [0.15, 0.2) is 5.69 Å². The molecular formula is C18H19N3O4S. The van der Waals surface area contributed by atoms with E-state index < -0.39 is 5.97 Å². The van der Waals surface area contributed by atoms with Crippen LogP contribution in [0.4, 0.5) is 0 Å². The number of benzene rings is 1. The predicted molar refractivity (Wildman–Crippen MR) is 98.4 cm³/mol. The molecule has 0 saturated heterocycles. The molecule has 0 radical (unpaired) electrons. The van der Waals surface area contributed by atoms with E-state index in [9.17, 15) is 15.0 Å². The number of nitrogens with one attached hydrogen (secondary N) is 1. The number of aromatic amines is 1. The number of hydrogen-bond acceptors (Lipinski definition) is 7. The topological polar surface area (TPSA) is 108 Å². The Kier molecular flexibility index (Phi) is 5.22. The minimum absolute atomic E-state index is 0.0319. The Labute approximate surface area is 154 Å². The lowest BCUT2D eigenvalue weighted by Crippen LogP contribution is -2.06. The van der Waals surface area contributed by atoms with Crippen LogP contribution in [0.2, 0.25) is 0 Å². The smallest absolute Gasteiger partial charge is 0.357 e. The molecule has 1 aromatic carbocycles. The van der Waals surface area contributed by atoms with Crippen LogP contribution in [-0.2, 0) is 11.2 Å². The van der Waals surface area contributed by atoms with Crippen molar-refractivity contribution in [3.05, 3.63) is 34.3 Å². The van der Waals surface area contributed by atoms with Gasteiger partial charge in [0.05, 0.1) is 23.4 Å². The second-order valence-corrected chi connectivity index (χ2v) is 6.38. The molecule has 136 valence electrons. The first-order chi connectivity index (χ1) is 12.6. The van der Waals surface area contributed by atoms with Crippen molar-refractivity contribution in [2.45, 2.75) is 26.7 Å². The standard InChI is InChI=1S/C18H19N3O4S/c1-3-5-10-6-11(14(23)7-13(10)22)16-15(12-8-26-9-19-12)17(21-20-16)18(24)25-4-2/h6-9,22-23H,3-5H2,1-2H3,(H,20,21). The molecule has 0 aliphatic rings. The number of phenols is 2. The van der Waals surface area contributed by atoms with Crippen molar-refractivity contribution < 1.29 is 19.7 Å². The summed E-state index contributed by atoms with van der Waals surface area (Å²) in [6.45, 7) is 3.95. The number of thiazole rings is 1. The first-order valence-corrected chi connectivity index (χ1v) is 9.20. The van der Waals surface area contributed by atoms with E-state index in [4.69, 9.17) is 4.74 Å². The van der Waals surface area contributed by atoms with Crippen molar-refractivity contribution in [1.82, 2.24) is 15.2 Å². The Hall–Kier alpha value is -2.87. The van der Waals surface area contributed by atoms with Crippen molar-refractivity contribution in [3.63, 3.8) is 0 Å². The summed E-state index contributed by atoms with van der Waals surface area (Å²) in [5.41, 5.74) is 4.36. The highest BCUT2D eigenvalue weighted by atomic mass is 32.1. The number of ether oxygens (including phenoxy) is 1. The maximum absolute atomic E-state index is 12.3. The molecule has 0 unspecified atom stereocenters. The Morgan fingerprint density at radius 2 is 2.08 bits per heavy atom. The molecule has 0 aliphatic carbocycles. The third kappa shape index (κ3) is 3.28. The van der Waals surface area contributed by atoms with Gasteiger partial charge in [0.1, 0.15) is 17.2 Å². The van der Waals surface area contributed by atoms with Crippen molar-refractivity contribution in [3.8, 4) is 34.0 Å². The van der Waals surface area contributed by atoms with Crippen LogP contribution in [0.25, 0.3) is 22.5 Å². The van der Waals surface area contributed by atoms with Gasteiger partial charge in [-0.25, -0.2) is 9.78 Å². The molecule has 3 aromatic rings. The average molecular weight is 373 g/mol. The van der Waals surface area contributed by atoms with E-state index >= 15 is 0 Å². The van der Waals surface area contributed by atoms with Gasteiger partial charge < -0.3 is 14.9 Å². The van der Waals surface area contributed by atoms with Crippen molar-refractivity contribution in [1.29, 1.82) is 0 Å². The fourth-order valence-corrected chi connectivity index (χ4v) is 3.30. The highest BCUT2D eigenvalue weighted by molar-refractivity contribution is 7.07. The normalized spacial score (nSPS) is 10.8. The number of rotatable bonds is 6. The largest absolute Gasteiger partial charge is 0.508 e. The molecule has 26 heavy (non-hydrogen) atoms. The number of H-pyrrole nitrogens is 1. The maximum atomic E-state index is 12.3. The number of hydrogen-bond donors (Lipinski definition) is 3. The molecule has 0 atom stereocenters. The second kappa shape index (κ2) is 7.57. The molecule has 2 aromatic heterocycles. The van der Waals surface area contributed by atoms with Crippen molar-refractivity contribution in [2.24, 2.45) is 0 Å². The minimum Gasteiger partial charge on any atom is -0.508 e. The Balaban J connectivity index is 2.20. The van der Waals surface area contributed by atoms with Gasteiger partial charge in [0.2, 0.25) is 0 Å². The molecule has 7 nitrogen and oxygen atoms in total. The summed E-state index contributed by atoms with van der Waals surface area (Å²) in [6, 6.07) is 2.99. The summed E-state index contributed by atoms with van der Waals surface area (Å²) in [4.78, 5) is 16.6.